The van der Waals surface area contributed by atoms with Gasteiger partial charge < -0.3 is 24.0 Å². The van der Waals surface area contributed by atoms with E-state index < -0.39 is 26.6 Å². The third-order valence-corrected chi connectivity index (χ3v) is 15.2. The van der Waals surface area contributed by atoms with Crippen LogP contribution in [0.2, 0.25) is 0 Å². The molecular formula is C41H53N5O6S. The summed E-state index contributed by atoms with van der Waals surface area (Å²) in [5, 5.41) is 0.293. The molecule has 12 heteroatoms. The molecule has 3 aliphatic carbocycles. The molecule has 2 aliphatic heterocycles. The van der Waals surface area contributed by atoms with Crippen molar-refractivity contribution in [2.45, 2.75) is 89.3 Å². The van der Waals surface area contributed by atoms with E-state index in [1.165, 1.54) is 12.0 Å². The van der Waals surface area contributed by atoms with Gasteiger partial charge in [0, 0.05) is 74.1 Å². The van der Waals surface area contributed by atoms with E-state index in [-0.39, 0.29) is 28.3 Å². The molecule has 8 rings (SSSR count). The number of amides is 4. The second-order valence-corrected chi connectivity index (χ2v) is 19.4. The Labute approximate surface area is 313 Å². The summed E-state index contributed by atoms with van der Waals surface area (Å²) in [6.45, 7) is 6.33. The van der Waals surface area contributed by atoms with Crippen molar-refractivity contribution in [3.05, 3.63) is 53.6 Å². The highest BCUT2D eigenvalue weighted by Crippen LogP contribution is 2.66. The molecule has 0 bridgehead atoms. The van der Waals surface area contributed by atoms with E-state index in [0.717, 1.165) is 79.3 Å². The van der Waals surface area contributed by atoms with Gasteiger partial charge in [0.1, 0.15) is 5.75 Å². The number of hydrogen-bond acceptors (Lipinski definition) is 6. The fourth-order valence-electron chi connectivity index (χ4n) is 10.1. The predicted octanol–water partition coefficient (Wildman–Crippen LogP) is 6.22. The normalized spacial score (nSPS) is 24.9. The first-order valence-electron chi connectivity index (χ1n) is 19.3. The van der Waals surface area contributed by atoms with Crippen molar-refractivity contribution in [1.82, 2.24) is 24.0 Å². The number of urea groups is 1. The number of fused-ring (bicyclic) bond motifs is 1. The summed E-state index contributed by atoms with van der Waals surface area (Å²) in [6.07, 6.45) is 9.25. The highest BCUT2D eigenvalue weighted by atomic mass is 32.2. The van der Waals surface area contributed by atoms with Gasteiger partial charge in [0.25, 0.3) is 5.91 Å². The molecule has 5 fully saturated rings. The number of benzene rings is 2. The molecule has 0 radical (unpaired) electrons. The standard InChI is InChI=1S/C41H53N5O6S/c1-27(2)53(50,51)42-36(47)30-13-16-32-33(21-30)46(35(29-11-14-31(52-5)15-12-29)34(32)28-9-7-6-8-10-28)22-39(17-18-39)37(48)44-23-40-19-20-41(40,24-44)26-45(25-40)38(49)43(3)4/h11-16,21,27-28H,6-10,17-20,22-26H2,1-5H3,(H,42,47). The van der Waals surface area contributed by atoms with Crippen molar-refractivity contribution in [2.24, 2.45) is 16.2 Å². The number of carbonyl (C=O) groups excluding carboxylic acids is 3. The number of carbonyl (C=O) groups is 3. The Morgan fingerprint density at radius 1 is 0.887 bits per heavy atom. The molecular weight excluding hydrogens is 691 g/mol. The lowest BCUT2D eigenvalue weighted by molar-refractivity contribution is -0.137. The SMILES string of the molecule is COc1ccc(-c2c(C3CCCCC3)c3ccc(C(=O)NS(=O)(=O)C(C)C)cc3n2CC2(C(=O)N3CC45CCC4(CN(C(=O)N(C)C)C5)C3)CC2)cc1. The molecule has 1 aromatic heterocycles. The molecule has 2 saturated heterocycles. The van der Waals surface area contributed by atoms with Gasteiger partial charge in [-0.2, -0.15) is 0 Å². The summed E-state index contributed by atoms with van der Waals surface area (Å²) >= 11 is 0. The quantitative estimate of drug-likeness (QED) is 0.278. The van der Waals surface area contributed by atoms with Crippen molar-refractivity contribution in [3.8, 4) is 17.0 Å². The number of nitrogens with one attached hydrogen (secondary N) is 1. The molecule has 11 nitrogen and oxygen atoms in total. The molecule has 2 aromatic carbocycles. The highest BCUT2D eigenvalue weighted by molar-refractivity contribution is 7.90. The Bertz CT molecular complexity index is 2060. The summed E-state index contributed by atoms with van der Waals surface area (Å²) in [5.41, 5.74) is 3.79. The molecule has 3 heterocycles. The van der Waals surface area contributed by atoms with Crippen LogP contribution in [0, 0.1) is 16.2 Å². The van der Waals surface area contributed by atoms with Crippen molar-refractivity contribution in [2.75, 3.05) is 47.4 Å². The summed E-state index contributed by atoms with van der Waals surface area (Å²) in [4.78, 5) is 47.1. The van der Waals surface area contributed by atoms with Gasteiger partial charge in [-0.1, -0.05) is 25.3 Å². The van der Waals surface area contributed by atoms with Crippen LogP contribution in [0.4, 0.5) is 4.79 Å². The van der Waals surface area contributed by atoms with E-state index in [1.807, 2.05) is 29.2 Å². The van der Waals surface area contributed by atoms with Crippen molar-refractivity contribution in [3.63, 3.8) is 0 Å². The van der Waals surface area contributed by atoms with Crippen LogP contribution in [0.25, 0.3) is 22.2 Å². The molecule has 284 valence electrons. The maximum absolute atomic E-state index is 14.8. The Balaban J connectivity index is 1.20. The molecule has 1 N–H and O–H groups in total. The van der Waals surface area contributed by atoms with Gasteiger partial charge in [-0.05, 0) is 106 Å². The maximum Gasteiger partial charge on any atom is 0.319 e. The summed E-state index contributed by atoms with van der Waals surface area (Å²) in [5.74, 6) is 0.608. The molecule has 2 atom stereocenters. The molecule has 53 heavy (non-hydrogen) atoms. The third kappa shape index (κ3) is 5.81. The monoisotopic (exact) mass is 743 g/mol. The fraction of sp³-hybridized carbons (Fsp3) is 0.585. The fourth-order valence-corrected chi connectivity index (χ4v) is 10.7. The number of likely N-dealkylation sites (tertiary alicyclic amines) is 2. The summed E-state index contributed by atoms with van der Waals surface area (Å²) < 4.78 is 35.5. The number of rotatable bonds is 9. The van der Waals surface area contributed by atoms with Crippen molar-refractivity contribution >= 4 is 38.8 Å². The average molecular weight is 744 g/mol. The second kappa shape index (κ2) is 12.8. The van der Waals surface area contributed by atoms with Gasteiger partial charge in [-0.15, -0.1) is 0 Å². The largest absolute Gasteiger partial charge is 0.497 e. The van der Waals surface area contributed by atoms with Crippen molar-refractivity contribution < 1.29 is 27.5 Å². The Kier molecular flexibility index (Phi) is 8.66. The Morgan fingerprint density at radius 3 is 2.06 bits per heavy atom. The first-order valence-corrected chi connectivity index (χ1v) is 20.9. The zero-order chi connectivity index (χ0) is 37.5. The van der Waals surface area contributed by atoms with E-state index in [9.17, 15) is 22.8 Å². The number of hydrogen-bond donors (Lipinski definition) is 1. The number of ether oxygens (including phenoxy) is 1. The second-order valence-electron chi connectivity index (χ2n) is 17.2. The van der Waals surface area contributed by atoms with Crippen LogP contribution in [0.5, 0.6) is 5.75 Å². The molecule has 2 unspecified atom stereocenters. The van der Waals surface area contributed by atoms with E-state index in [2.05, 4.69) is 26.3 Å². The van der Waals surface area contributed by atoms with Crippen LogP contribution in [0.15, 0.2) is 42.5 Å². The van der Waals surface area contributed by atoms with Gasteiger partial charge in [0.05, 0.1) is 23.5 Å². The highest BCUT2D eigenvalue weighted by Gasteiger charge is 2.71. The lowest BCUT2D eigenvalue weighted by Crippen LogP contribution is -2.49. The summed E-state index contributed by atoms with van der Waals surface area (Å²) in [6, 6.07) is 13.7. The van der Waals surface area contributed by atoms with Crippen LogP contribution in [-0.4, -0.2) is 98.2 Å². The predicted molar refractivity (Wildman–Crippen MR) is 204 cm³/mol. The van der Waals surface area contributed by atoms with Crippen LogP contribution in [-0.2, 0) is 21.4 Å². The molecule has 4 amide bonds. The third-order valence-electron chi connectivity index (χ3n) is 13.5. The van der Waals surface area contributed by atoms with Crippen molar-refractivity contribution in [1.29, 1.82) is 0 Å². The van der Waals surface area contributed by atoms with Gasteiger partial charge in [0.2, 0.25) is 15.9 Å². The van der Waals surface area contributed by atoms with Crippen LogP contribution in [0.1, 0.15) is 93.5 Å². The first-order chi connectivity index (χ1) is 25.2. The minimum absolute atomic E-state index is 0.0362. The van der Waals surface area contributed by atoms with E-state index in [0.29, 0.717) is 38.6 Å². The molecule has 3 aromatic rings. The molecule has 3 saturated carbocycles. The van der Waals surface area contributed by atoms with E-state index in [4.69, 9.17) is 4.74 Å². The zero-order valence-corrected chi connectivity index (χ0v) is 32.6. The first kappa shape index (κ1) is 35.9. The Morgan fingerprint density at radius 2 is 1.51 bits per heavy atom. The minimum Gasteiger partial charge on any atom is -0.497 e. The van der Waals surface area contributed by atoms with Gasteiger partial charge in [-0.25, -0.2) is 17.9 Å². The lowest BCUT2D eigenvalue weighted by Gasteiger charge is -2.48. The number of aromatic nitrogens is 1. The smallest absolute Gasteiger partial charge is 0.319 e. The average Bonchev–Trinajstić information content (AvgIpc) is 3.75. The number of nitrogens with zero attached hydrogens (tertiary/aromatic N) is 4. The van der Waals surface area contributed by atoms with Crippen LogP contribution < -0.4 is 9.46 Å². The topological polar surface area (TPSA) is 121 Å². The Hall–Kier alpha value is -4.06. The maximum atomic E-state index is 14.8. The van der Waals surface area contributed by atoms with Gasteiger partial charge >= 0.3 is 6.03 Å². The summed E-state index contributed by atoms with van der Waals surface area (Å²) in [7, 11) is 1.42. The van der Waals surface area contributed by atoms with E-state index in [1.54, 1.807) is 46.0 Å². The molecule has 5 aliphatic rings. The number of sulfonamides is 1. The minimum atomic E-state index is -3.83. The van der Waals surface area contributed by atoms with Crippen LogP contribution >= 0.6 is 0 Å². The lowest BCUT2D eigenvalue weighted by atomic mass is 9.53. The molecule has 0 spiro atoms. The van der Waals surface area contributed by atoms with E-state index >= 15 is 0 Å². The van der Waals surface area contributed by atoms with Crippen LogP contribution in [0.3, 0.4) is 0 Å². The number of methoxy groups -OCH3 is 1. The van der Waals surface area contributed by atoms with Gasteiger partial charge in [-0.3, -0.25) is 9.59 Å². The van der Waals surface area contributed by atoms with Gasteiger partial charge in [0.15, 0.2) is 0 Å². The zero-order valence-electron chi connectivity index (χ0n) is 31.7.